The van der Waals surface area contributed by atoms with Gasteiger partial charge in [-0.25, -0.2) is 9.37 Å². The molecule has 0 radical (unpaired) electrons. The van der Waals surface area contributed by atoms with Crippen molar-refractivity contribution in [2.75, 3.05) is 0 Å². The van der Waals surface area contributed by atoms with Crippen LogP contribution in [0.4, 0.5) is 4.39 Å². The van der Waals surface area contributed by atoms with Crippen molar-refractivity contribution in [1.29, 1.82) is 0 Å². The van der Waals surface area contributed by atoms with Gasteiger partial charge in [-0.05, 0) is 37.1 Å². The number of aromatic amines is 1. The summed E-state index contributed by atoms with van der Waals surface area (Å²) in [6.07, 6.45) is 2.79. The van der Waals surface area contributed by atoms with Gasteiger partial charge in [-0.1, -0.05) is 29.8 Å². The SMILES string of the molecule is O=C(CCc1nc2ccccc2[nH]1)N(Cc1c(F)cccc1Cl)C1CC1. The first-order chi connectivity index (χ1) is 12.6. The van der Waals surface area contributed by atoms with Crippen LogP contribution in [0, 0.1) is 5.82 Å². The number of aromatic nitrogens is 2. The van der Waals surface area contributed by atoms with Crippen molar-refractivity contribution in [3.63, 3.8) is 0 Å². The lowest BCUT2D eigenvalue weighted by atomic mass is 10.1. The molecule has 0 atom stereocenters. The average molecular weight is 372 g/mol. The number of nitrogens with zero attached hydrogens (tertiary/aromatic N) is 2. The van der Waals surface area contributed by atoms with Gasteiger partial charge in [0.15, 0.2) is 0 Å². The van der Waals surface area contributed by atoms with E-state index in [9.17, 15) is 9.18 Å². The van der Waals surface area contributed by atoms with Crippen molar-refractivity contribution in [3.8, 4) is 0 Å². The summed E-state index contributed by atoms with van der Waals surface area (Å²) in [5, 5.41) is 0.362. The monoisotopic (exact) mass is 371 g/mol. The van der Waals surface area contributed by atoms with E-state index in [1.807, 2.05) is 24.3 Å². The topological polar surface area (TPSA) is 49.0 Å². The predicted octanol–water partition coefficient (Wildman–Crippen LogP) is 4.48. The number of hydrogen-bond donors (Lipinski definition) is 1. The maximum atomic E-state index is 14.1. The molecule has 1 saturated carbocycles. The first-order valence-electron chi connectivity index (χ1n) is 8.78. The zero-order valence-corrected chi connectivity index (χ0v) is 15.0. The number of aryl methyl sites for hydroxylation is 1. The van der Waals surface area contributed by atoms with Gasteiger partial charge in [0.25, 0.3) is 0 Å². The Morgan fingerprint density at radius 2 is 2.04 bits per heavy atom. The molecule has 0 saturated heterocycles. The lowest BCUT2D eigenvalue weighted by Crippen LogP contribution is -2.33. The molecule has 26 heavy (non-hydrogen) atoms. The molecule has 1 amide bonds. The first kappa shape index (κ1) is 17.0. The van der Waals surface area contributed by atoms with Crippen LogP contribution >= 0.6 is 11.6 Å². The molecular formula is C20H19ClFN3O. The summed E-state index contributed by atoms with van der Waals surface area (Å²) in [6, 6.07) is 12.6. The number of hydrogen-bond acceptors (Lipinski definition) is 2. The van der Waals surface area contributed by atoms with Crippen LogP contribution in [-0.4, -0.2) is 26.8 Å². The largest absolute Gasteiger partial charge is 0.342 e. The van der Waals surface area contributed by atoms with Gasteiger partial charge in [-0.15, -0.1) is 0 Å². The summed E-state index contributed by atoms with van der Waals surface area (Å²) in [4.78, 5) is 22.3. The fourth-order valence-electron chi connectivity index (χ4n) is 3.15. The third kappa shape index (κ3) is 3.58. The second-order valence-electron chi connectivity index (χ2n) is 6.65. The minimum Gasteiger partial charge on any atom is -0.342 e. The van der Waals surface area contributed by atoms with Gasteiger partial charge >= 0.3 is 0 Å². The predicted molar refractivity (Wildman–Crippen MR) is 99.4 cm³/mol. The fourth-order valence-corrected chi connectivity index (χ4v) is 3.38. The molecule has 6 heteroatoms. The Labute approximate surface area is 156 Å². The van der Waals surface area contributed by atoms with Crippen LogP contribution < -0.4 is 0 Å². The highest BCUT2D eigenvalue weighted by molar-refractivity contribution is 6.31. The van der Waals surface area contributed by atoms with Crippen LogP contribution in [-0.2, 0) is 17.8 Å². The quantitative estimate of drug-likeness (QED) is 0.694. The van der Waals surface area contributed by atoms with E-state index in [1.165, 1.54) is 6.07 Å². The van der Waals surface area contributed by atoms with Crippen molar-refractivity contribution in [2.24, 2.45) is 0 Å². The molecule has 1 aromatic heterocycles. The highest BCUT2D eigenvalue weighted by Crippen LogP contribution is 2.31. The normalized spacial score (nSPS) is 13.9. The number of para-hydroxylation sites is 2. The number of nitrogens with one attached hydrogen (secondary N) is 1. The molecule has 134 valence electrons. The molecule has 2 aromatic carbocycles. The second kappa shape index (κ2) is 7.08. The van der Waals surface area contributed by atoms with E-state index in [4.69, 9.17) is 11.6 Å². The summed E-state index contributed by atoms with van der Waals surface area (Å²) >= 11 is 6.13. The highest BCUT2D eigenvalue weighted by Gasteiger charge is 2.33. The number of rotatable bonds is 6. The summed E-state index contributed by atoms with van der Waals surface area (Å²) in [5.41, 5.74) is 2.25. The van der Waals surface area contributed by atoms with Gasteiger partial charge in [0.05, 0.1) is 17.6 Å². The Kier molecular flexibility index (Phi) is 4.64. The van der Waals surface area contributed by atoms with E-state index in [2.05, 4.69) is 9.97 Å². The van der Waals surface area contributed by atoms with Crippen molar-refractivity contribution in [1.82, 2.24) is 14.9 Å². The molecule has 1 fully saturated rings. The van der Waals surface area contributed by atoms with Crippen LogP contribution in [0.2, 0.25) is 5.02 Å². The lowest BCUT2D eigenvalue weighted by Gasteiger charge is -2.23. The first-order valence-corrected chi connectivity index (χ1v) is 9.15. The van der Waals surface area contributed by atoms with Gasteiger partial charge in [-0.3, -0.25) is 4.79 Å². The number of carbonyl (C=O) groups excluding carboxylic acids is 1. The van der Waals surface area contributed by atoms with Gasteiger partial charge < -0.3 is 9.88 Å². The minimum absolute atomic E-state index is 0.00674. The van der Waals surface area contributed by atoms with Crippen molar-refractivity contribution in [2.45, 2.75) is 38.3 Å². The average Bonchev–Trinajstić information content (AvgIpc) is 3.38. The molecule has 3 aromatic rings. The van der Waals surface area contributed by atoms with E-state index >= 15 is 0 Å². The number of H-pyrrole nitrogens is 1. The summed E-state index contributed by atoms with van der Waals surface area (Å²) < 4.78 is 14.1. The van der Waals surface area contributed by atoms with Crippen LogP contribution in [0.5, 0.6) is 0 Å². The van der Waals surface area contributed by atoms with Gasteiger partial charge in [-0.2, -0.15) is 0 Å². The standard InChI is InChI=1S/C20H19ClFN3O/c21-15-4-3-5-16(22)14(15)12-25(13-8-9-13)20(26)11-10-19-23-17-6-1-2-7-18(17)24-19/h1-7,13H,8-12H2,(H,23,24). The number of imidazole rings is 1. The number of halogens is 2. The molecule has 4 nitrogen and oxygen atoms in total. The third-order valence-corrected chi connectivity index (χ3v) is 5.07. The molecule has 0 aliphatic heterocycles. The Morgan fingerprint density at radius 1 is 1.23 bits per heavy atom. The van der Waals surface area contributed by atoms with Crippen molar-refractivity contribution in [3.05, 3.63) is 64.7 Å². The number of carbonyl (C=O) groups is 1. The summed E-state index contributed by atoms with van der Waals surface area (Å²) in [7, 11) is 0. The zero-order valence-electron chi connectivity index (χ0n) is 14.2. The van der Waals surface area contributed by atoms with E-state index in [0.29, 0.717) is 23.4 Å². The van der Waals surface area contributed by atoms with Crippen LogP contribution in [0.15, 0.2) is 42.5 Å². The fraction of sp³-hybridized carbons (Fsp3) is 0.300. The van der Waals surface area contributed by atoms with Gasteiger partial charge in [0, 0.05) is 29.5 Å². The number of benzene rings is 2. The molecule has 1 heterocycles. The molecule has 1 N–H and O–H groups in total. The Bertz CT molecular complexity index is 898. The summed E-state index contributed by atoms with van der Waals surface area (Å²) in [5.74, 6) is 0.430. The Hall–Kier alpha value is -2.40. The highest BCUT2D eigenvalue weighted by atomic mass is 35.5. The molecule has 4 rings (SSSR count). The Morgan fingerprint density at radius 3 is 2.77 bits per heavy atom. The maximum Gasteiger partial charge on any atom is 0.223 e. The number of amides is 1. The van der Waals surface area contributed by atoms with Crippen molar-refractivity contribution >= 4 is 28.5 Å². The maximum absolute atomic E-state index is 14.1. The van der Waals surface area contributed by atoms with E-state index in [1.54, 1.807) is 17.0 Å². The molecule has 0 unspecified atom stereocenters. The second-order valence-corrected chi connectivity index (χ2v) is 7.06. The molecule has 0 bridgehead atoms. The Balaban J connectivity index is 1.46. The van der Waals surface area contributed by atoms with E-state index in [0.717, 1.165) is 29.7 Å². The molecular weight excluding hydrogens is 353 g/mol. The van der Waals surface area contributed by atoms with E-state index in [-0.39, 0.29) is 24.3 Å². The van der Waals surface area contributed by atoms with Crippen LogP contribution in [0.1, 0.15) is 30.7 Å². The van der Waals surface area contributed by atoms with E-state index < -0.39 is 0 Å². The van der Waals surface area contributed by atoms with Crippen LogP contribution in [0.25, 0.3) is 11.0 Å². The summed E-state index contributed by atoms with van der Waals surface area (Å²) in [6.45, 7) is 0.217. The minimum atomic E-state index is -0.367. The third-order valence-electron chi connectivity index (χ3n) is 4.71. The van der Waals surface area contributed by atoms with Gasteiger partial charge in [0.2, 0.25) is 5.91 Å². The number of fused-ring (bicyclic) bond motifs is 1. The zero-order chi connectivity index (χ0) is 18.1. The molecule has 0 spiro atoms. The van der Waals surface area contributed by atoms with Crippen molar-refractivity contribution < 1.29 is 9.18 Å². The smallest absolute Gasteiger partial charge is 0.223 e. The molecule has 1 aliphatic carbocycles. The van der Waals surface area contributed by atoms with Crippen LogP contribution in [0.3, 0.4) is 0 Å². The molecule has 1 aliphatic rings. The van der Waals surface area contributed by atoms with Gasteiger partial charge in [0.1, 0.15) is 11.6 Å². The lowest BCUT2D eigenvalue weighted by molar-refractivity contribution is -0.132.